The van der Waals surface area contributed by atoms with Crippen LogP contribution in [0.25, 0.3) is 0 Å². The SMILES string of the molecule is COCCOCCOCCOc1cc([N+](=O)[O-])c([N+](=O)[O-])cc1OCCOCCOCCN(CCN1C(=O)c2ccccc2C1=O)Cc1ccccc1. The molecule has 0 atom stereocenters. The number of nitrogens with zero attached hydrogens (tertiary/aromatic N) is 4. The topological polar surface area (TPSA) is 192 Å². The molecule has 17 nitrogen and oxygen atoms in total. The molecule has 0 spiro atoms. The summed E-state index contributed by atoms with van der Waals surface area (Å²) in [6.45, 7) is 4.46. The maximum atomic E-state index is 12.8. The van der Waals surface area contributed by atoms with Crippen LogP contribution in [0.1, 0.15) is 26.3 Å². The van der Waals surface area contributed by atoms with Gasteiger partial charge in [0.2, 0.25) is 0 Å². The number of ether oxygens (including phenoxy) is 7. The number of imide groups is 1. The van der Waals surface area contributed by atoms with Crippen molar-refractivity contribution in [2.24, 2.45) is 0 Å². The fourth-order valence-electron chi connectivity index (χ4n) is 5.25. The number of nitro benzene ring substituents is 2. The summed E-state index contributed by atoms with van der Waals surface area (Å²) in [6, 6.07) is 18.6. The largest absolute Gasteiger partial charge is 0.487 e. The molecule has 1 aliphatic rings. The molecule has 4 rings (SSSR count). The van der Waals surface area contributed by atoms with Crippen molar-refractivity contribution in [3.63, 3.8) is 0 Å². The van der Waals surface area contributed by atoms with Crippen molar-refractivity contribution >= 4 is 23.2 Å². The lowest BCUT2D eigenvalue weighted by Crippen LogP contribution is -2.39. The quantitative estimate of drug-likeness (QED) is 0.0475. The van der Waals surface area contributed by atoms with Crippen LogP contribution in [0.15, 0.2) is 66.7 Å². The smallest absolute Gasteiger partial charge is 0.350 e. The van der Waals surface area contributed by atoms with Crippen molar-refractivity contribution in [3.8, 4) is 11.5 Å². The zero-order valence-electron chi connectivity index (χ0n) is 29.6. The van der Waals surface area contributed by atoms with Gasteiger partial charge in [-0.2, -0.15) is 0 Å². The summed E-state index contributed by atoms with van der Waals surface area (Å²) in [4.78, 5) is 50.3. The maximum Gasteiger partial charge on any atom is 0.350 e. The normalized spacial score (nSPS) is 12.4. The second kappa shape index (κ2) is 22.1. The number of carbonyl (C=O) groups is 2. The van der Waals surface area contributed by atoms with E-state index in [9.17, 15) is 29.8 Å². The molecule has 0 radical (unpaired) electrons. The first-order chi connectivity index (χ1) is 25.8. The van der Waals surface area contributed by atoms with Crippen molar-refractivity contribution in [1.29, 1.82) is 0 Å². The molecule has 0 bridgehead atoms. The lowest BCUT2D eigenvalue weighted by Gasteiger charge is -2.25. The summed E-state index contributed by atoms with van der Waals surface area (Å²) < 4.78 is 38.3. The zero-order chi connectivity index (χ0) is 37.8. The van der Waals surface area contributed by atoms with Crippen molar-refractivity contribution in [2.75, 3.05) is 99.4 Å². The highest BCUT2D eigenvalue weighted by Crippen LogP contribution is 2.39. The summed E-state index contributed by atoms with van der Waals surface area (Å²) in [5.74, 6) is -0.683. The van der Waals surface area contributed by atoms with Gasteiger partial charge in [-0.05, 0) is 17.7 Å². The Hall–Kier alpha value is -5.04. The monoisotopic (exact) mass is 740 g/mol. The predicted molar refractivity (Wildman–Crippen MR) is 189 cm³/mol. The van der Waals surface area contributed by atoms with Crippen molar-refractivity contribution < 1.29 is 52.6 Å². The van der Waals surface area contributed by atoms with Crippen LogP contribution in [-0.2, 0) is 30.2 Å². The summed E-state index contributed by atoms with van der Waals surface area (Å²) >= 11 is 0. The number of nitro groups is 2. The van der Waals surface area contributed by atoms with Gasteiger partial charge in [0.25, 0.3) is 11.8 Å². The number of hydrogen-bond donors (Lipinski definition) is 0. The molecule has 3 aromatic rings. The van der Waals surface area contributed by atoms with E-state index in [-0.39, 0.29) is 69.5 Å². The van der Waals surface area contributed by atoms with Crippen LogP contribution in [0.4, 0.5) is 11.4 Å². The van der Waals surface area contributed by atoms with Gasteiger partial charge < -0.3 is 33.2 Å². The third-order valence-electron chi connectivity index (χ3n) is 7.90. The standard InChI is InChI=1S/C36H44N4O13/c1-47-15-16-49-19-20-51-22-24-53-34-26-32(40(45)46)31(39(43)44)25-33(34)52-23-21-50-18-17-48-14-13-37(27-28-7-3-2-4-8-28)11-12-38-35(41)29-9-5-6-10-30(29)36(38)42/h2-10,25-26H,11-24,27H2,1H3. The highest BCUT2D eigenvalue weighted by molar-refractivity contribution is 6.21. The van der Waals surface area contributed by atoms with Crippen LogP contribution in [0.5, 0.6) is 11.5 Å². The van der Waals surface area contributed by atoms with Crippen LogP contribution in [0, 0.1) is 20.2 Å². The second-order valence-electron chi connectivity index (χ2n) is 11.5. The van der Waals surface area contributed by atoms with Crippen LogP contribution in [0.3, 0.4) is 0 Å². The third-order valence-corrected chi connectivity index (χ3v) is 7.90. The molecular weight excluding hydrogens is 696 g/mol. The molecule has 286 valence electrons. The number of amides is 2. The number of carbonyl (C=O) groups excluding carboxylic acids is 2. The van der Waals surface area contributed by atoms with Crippen molar-refractivity contribution in [1.82, 2.24) is 9.80 Å². The molecule has 2 amide bonds. The molecule has 0 aromatic heterocycles. The van der Waals surface area contributed by atoms with Gasteiger partial charge in [0, 0.05) is 33.3 Å². The summed E-state index contributed by atoms with van der Waals surface area (Å²) in [7, 11) is 1.57. The van der Waals surface area contributed by atoms with Crippen LogP contribution in [-0.4, -0.2) is 131 Å². The minimum Gasteiger partial charge on any atom is -0.487 e. The molecular formula is C36H44N4O13. The summed E-state index contributed by atoms with van der Waals surface area (Å²) in [6.07, 6.45) is 0. The van der Waals surface area contributed by atoms with Crippen LogP contribution >= 0.6 is 0 Å². The van der Waals surface area contributed by atoms with E-state index >= 15 is 0 Å². The van der Waals surface area contributed by atoms with Gasteiger partial charge in [-0.3, -0.25) is 39.6 Å². The maximum absolute atomic E-state index is 12.8. The number of rotatable bonds is 27. The first-order valence-electron chi connectivity index (χ1n) is 17.0. The highest BCUT2D eigenvalue weighted by atomic mass is 16.6. The first-order valence-corrected chi connectivity index (χ1v) is 17.0. The van der Waals surface area contributed by atoms with Crippen molar-refractivity contribution in [2.45, 2.75) is 6.54 Å². The fraction of sp³-hybridized carbons (Fsp3) is 0.444. The number of methoxy groups -OCH3 is 1. The molecule has 0 unspecified atom stereocenters. The molecule has 53 heavy (non-hydrogen) atoms. The van der Waals surface area contributed by atoms with Gasteiger partial charge in [-0.15, -0.1) is 0 Å². The predicted octanol–water partition coefficient (Wildman–Crippen LogP) is 3.77. The van der Waals surface area contributed by atoms with Crippen LogP contribution < -0.4 is 9.47 Å². The van der Waals surface area contributed by atoms with E-state index in [0.29, 0.717) is 63.8 Å². The average Bonchev–Trinajstić information content (AvgIpc) is 3.40. The number of benzene rings is 3. The first kappa shape index (κ1) is 40.7. The van der Waals surface area contributed by atoms with E-state index in [1.54, 1.807) is 31.4 Å². The molecule has 3 aromatic carbocycles. The van der Waals surface area contributed by atoms with Gasteiger partial charge in [0.15, 0.2) is 11.5 Å². The molecule has 0 saturated heterocycles. The lowest BCUT2D eigenvalue weighted by molar-refractivity contribution is -0.422. The number of fused-ring (bicyclic) bond motifs is 1. The minimum absolute atomic E-state index is 0.00276. The Kier molecular flexibility index (Phi) is 17.0. The highest BCUT2D eigenvalue weighted by Gasteiger charge is 2.35. The van der Waals surface area contributed by atoms with E-state index in [1.165, 1.54) is 4.90 Å². The Labute approximate surface area is 306 Å². The molecule has 1 aliphatic heterocycles. The van der Waals surface area contributed by atoms with E-state index in [4.69, 9.17) is 33.2 Å². The van der Waals surface area contributed by atoms with Gasteiger partial charge in [-0.1, -0.05) is 42.5 Å². The Morgan fingerprint density at radius 1 is 0.604 bits per heavy atom. The molecule has 0 aliphatic carbocycles. The van der Waals surface area contributed by atoms with Gasteiger partial charge >= 0.3 is 11.4 Å². The summed E-state index contributed by atoms with van der Waals surface area (Å²) in [5.41, 5.74) is 0.450. The van der Waals surface area contributed by atoms with E-state index in [1.807, 2.05) is 30.3 Å². The Morgan fingerprint density at radius 2 is 1.06 bits per heavy atom. The Balaban J connectivity index is 1.19. The summed E-state index contributed by atoms with van der Waals surface area (Å²) in [5, 5.41) is 23.0. The lowest BCUT2D eigenvalue weighted by atomic mass is 10.1. The Morgan fingerprint density at radius 3 is 1.55 bits per heavy atom. The van der Waals surface area contributed by atoms with Crippen LogP contribution in [0.2, 0.25) is 0 Å². The Bertz CT molecular complexity index is 1610. The number of hydrogen-bond acceptors (Lipinski definition) is 14. The average molecular weight is 741 g/mol. The van der Waals surface area contributed by atoms with E-state index < -0.39 is 21.2 Å². The molecule has 0 saturated carbocycles. The van der Waals surface area contributed by atoms with Crippen molar-refractivity contribution in [3.05, 3.63) is 104 Å². The van der Waals surface area contributed by atoms with E-state index in [0.717, 1.165) is 17.7 Å². The molecule has 1 heterocycles. The van der Waals surface area contributed by atoms with Gasteiger partial charge in [-0.25, -0.2) is 0 Å². The third kappa shape index (κ3) is 12.8. The van der Waals surface area contributed by atoms with Gasteiger partial charge in [0.1, 0.15) is 13.2 Å². The molecule has 0 fully saturated rings. The molecule has 17 heteroatoms. The molecule has 0 N–H and O–H groups in total. The zero-order valence-corrected chi connectivity index (χ0v) is 29.6. The van der Waals surface area contributed by atoms with Gasteiger partial charge in [0.05, 0.1) is 92.6 Å². The van der Waals surface area contributed by atoms with E-state index in [2.05, 4.69) is 4.90 Å². The minimum atomic E-state index is -0.860. The fourth-order valence-corrected chi connectivity index (χ4v) is 5.25. The second-order valence-corrected chi connectivity index (χ2v) is 11.5.